The third-order valence-electron chi connectivity index (χ3n) is 2.64. The summed E-state index contributed by atoms with van der Waals surface area (Å²) in [6.07, 6.45) is 0.897. The molecule has 0 spiro atoms. The molecule has 1 unspecified atom stereocenters. The van der Waals surface area contributed by atoms with E-state index >= 15 is 0 Å². The van der Waals surface area contributed by atoms with Gasteiger partial charge in [-0.15, -0.1) is 0 Å². The monoisotopic (exact) mass is 224 g/mol. The van der Waals surface area contributed by atoms with E-state index in [1.54, 1.807) is 6.07 Å². The van der Waals surface area contributed by atoms with E-state index in [2.05, 4.69) is 17.1 Å². The Morgan fingerprint density at radius 2 is 2.00 bits per heavy atom. The van der Waals surface area contributed by atoms with Crippen molar-refractivity contribution < 1.29 is 4.39 Å². The van der Waals surface area contributed by atoms with Gasteiger partial charge in [0.25, 0.3) is 0 Å². The van der Waals surface area contributed by atoms with Crippen LogP contribution in [0.3, 0.4) is 0 Å². The molecule has 90 valence electrons. The summed E-state index contributed by atoms with van der Waals surface area (Å²) in [7, 11) is 4.07. The van der Waals surface area contributed by atoms with E-state index in [0.717, 1.165) is 25.1 Å². The van der Waals surface area contributed by atoms with Crippen LogP contribution in [0, 0.1) is 5.82 Å². The Morgan fingerprint density at radius 3 is 2.56 bits per heavy atom. The molecule has 1 rings (SSSR count). The molecule has 0 aliphatic heterocycles. The summed E-state index contributed by atoms with van der Waals surface area (Å²) in [5.74, 6) is -0.119. The van der Waals surface area contributed by atoms with Gasteiger partial charge in [-0.25, -0.2) is 4.39 Å². The number of nitrogens with zero attached hydrogens (tertiary/aromatic N) is 1. The van der Waals surface area contributed by atoms with Gasteiger partial charge in [0.1, 0.15) is 5.82 Å². The largest absolute Gasteiger partial charge is 0.309 e. The number of benzene rings is 1. The standard InChI is InChI=1S/C13H21FN2/c1-4-13(15-9-10-16(2)3)11-7-5-6-8-12(11)14/h5-8,13,15H,4,9-10H2,1-3H3. The minimum Gasteiger partial charge on any atom is -0.309 e. The van der Waals surface area contributed by atoms with Crippen molar-refractivity contribution in [1.29, 1.82) is 0 Å². The van der Waals surface area contributed by atoms with Gasteiger partial charge >= 0.3 is 0 Å². The Balaban J connectivity index is 2.57. The molecule has 0 aromatic heterocycles. The summed E-state index contributed by atoms with van der Waals surface area (Å²) in [5.41, 5.74) is 0.767. The van der Waals surface area contributed by atoms with Gasteiger partial charge in [0.2, 0.25) is 0 Å². The smallest absolute Gasteiger partial charge is 0.127 e. The summed E-state index contributed by atoms with van der Waals surface area (Å²) >= 11 is 0. The average Bonchev–Trinajstić information content (AvgIpc) is 2.25. The van der Waals surface area contributed by atoms with Crippen molar-refractivity contribution in [1.82, 2.24) is 10.2 Å². The maximum absolute atomic E-state index is 13.6. The molecule has 0 fully saturated rings. The lowest BCUT2D eigenvalue weighted by molar-refractivity contribution is 0.379. The van der Waals surface area contributed by atoms with Crippen LogP contribution in [0.25, 0.3) is 0 Å². The second-order valence-corrected chi connectivity index (χ2v) is 4.24. The first-order valence-electron chi connectivity index (χ1n) is 5.77. The van der Waals surface area contributed by atoms with Crippen LogP contribution in [0.2, 0.25) is 0 Å². The fourth-order valence-corrected chi connectivity index (χ4v) is 1.69. The van der Waals surface area contributed by atoms with Crippen molar-refractivity contribution in [3.8, 4) is 0 Å². The molecule has 0 aliphatic carbocycles. The van der Waals surface area contributed by atoms with Crippen LogP contribution in [0.4, 0.5) is 4.39 Å². The number of rotatable bonds is 6. The molecule has 1 N–H and O–H groups in total. The van der Waals surface area contributed by atoms with Gasteiger partial charge in [0.15, 0.2) is 0 Å². The van der Waals surface area contributed by atoms with Gasteiger partial charge in [0.05, 0.1) is 0 Å². The predicted octanol–water partition coefficient (Wildman–Crippen LogP) is 2.43. The minimum atomic E-state index is -0.119. The lowest BCUT2D eigenvalue weighted by Gasteiger charge is -2.19. The molecule has 3 heteroatoms. The molecule has 0 bridgehead atoms. The van der Waals surface area contributed by atoms with Gasteiger partial charge in [-0.3, -0.25) is 0 Å². The van der Waals surface area contributed by atoms with E-state index in [1.165, 1.54) is 6.07 Å². The number of likely N-dealkylation sites (N-methyl/N-ethyl adjacent to an activating group) is 1. The van der Waals surface area contributed by atoms with Gasteiger partial charge in [-0.1, -0.05) is 25.1 Å². The Hall–Kier alpha value is -0.930. The number of halogens is 1. The van der Waals surface area contributed by atoms with Crippen molar-refractivity contribution >= 4 is 0 Å². The van der Waals surface area contributed by atoms with Crippen LogP contribution in [-0.4, -0.2) is 32.1 Å². The highest BCUT2D eigenvalue weighted by Crippen LogP contribution is 2.19. The molecule has 0 radical (unpaired) electrons. The van der Waals surface area contributed by atoms with Crippen LogP contribution in [0.5, 0.6) is 0 Å². The molecular formula is C13H21FN2. The minimum absolute atomic E-state index is 0.112. The zero-order valence-corrected chi connectivity index (χ0v) is 10.3. The van der Waals surface area contributed by atoms with Crippen LogP contribution >= 0.6 is 0 Å². The topological polar surface area (TPSA) is 15.3 Å². The summed E-state index contributed by atoms with van der Waals surface area (Å²) in [6.45, 7) is 3.91. The second kappa shape index (κ2) is 6.61. The van der Waals surface area contributed by atoms with E-state index in [4.69, 9.17) is 0 Å². The van der Waals surface area contributed by atoms with E-state index in [0.29, 0.717) is 0 Å². The van der Waals surface area contributed by atoms with Crippen molar-refractivity contribution in [2.45, 2.75) is 19.4 Å². The molecule has 16 heavy (non-hydrogen) atoms. The van der Waals surface area contributed by atoms with Crippen molar-refractivity contribution in [2.24, 2.45) is 0 Å². The first-order valence-corrected chi connectivity index (χ1v) is 5.77. The fourth-order valence-electron chi connectivity index (χ4n) is 1.69. The Bertz CT molecular complexity index is 313. The molecule has 2 nitrogen and oxygen atoms in total. The quantitative estimate of drug-likeness (QED) is 0.798. The zero-order valence-electron chi connectivity index (χ0n) is 10.3. The summed E-state index contributed by atoms with van der Waals surface area (Å²) in [4.78, 5) is 2.11. The van der Waals surface area contributed by atoms with E-state index in [9.17, 15) is 4.39 Å². The SMILES string of the molecule is CCC(NCCN(C)C)c1ccccc1F. The Morgan fingerprint density at radius 1 is 1.31 bits per heavy atom. The predicted molar refractivity (Wildman–Crippen MR) is 66.0 cm³/mol. The molecule has 0 saturated heterocycles. The molecule has 1 aromatic carbocycles. The zero-order chi connectivity index (χ0) is 12.0. The average molecular weight is 224 g/mol. The van der Waals surface area contributed by atoms with Crippen LogP contribution in [0.1, 0.15) is 24.9 Å². The van der Waals surface area contributed by atoms with E-state index in [-0.39, 0.29) is 11.9 Å². The highest BCUT2D eigenvalue weighted by molar-refractivity contribution is 5.21. The van der Waals surface area contributed by atoms with Gasteiger partial charge in [-0.2, -0.15) is 0 Å². The maximum Gasteiger partial charge on any atom is 0.127 e. The van der Waals surface area contributed by atoms with E-state index < -0.39 is 0 Å². The van der Waals surface area contributed by atoms with Crippen molar-refractivity contribution in [3.63, 3.8) is 0 Å². The van der Waals surface area contributed by atoms with Gasteiger partial charge < -0.3 is 10.2 Å². The van der Waals surface area contributed by atoms with Gasteiger partial charge in [0, 0.05) is 24.7 Å². The lowest BCUT2D eigenvalue weighted by atomic mass is 10.0. The highest BCUT2D eigenvalue weighted by Gasteiger charge is 2.12. The third-order valence-corrected chi connectivity index (χ3v) is 2.64. The second-order valence-electron chi connectivity index (χ2n) is 4.24. The third kappa shape index (κ3) is 3.91. The van der Waals surface area contributed by atoms with Crippen LogP contribution < -0.4 is 5.32 Å². The number of hydrogen-bond donors (Lipinski definition) is 1. The molecule has 1 aromatic rings. The normalized spacial score (nSPS) is 13.1. The summed E-state index contributed by atoms with van der Waals surface area (Å²) < 4.78 is 13.6. The molecule has 0 amide bonds. The molecule has 0 saturated carbocycles. The van der Waals surface area contributed by atoms with Crippen molar-refractivity contribution in [3.05, 3.63) is 35.6 Å². The summed E-state index contributed by atoms with van der Waals surface area (Å²) in [5, 5.41) is 3.38. The Kier molecular flexibility index (Phi) is 5.43. The van der Waals surface area contributed by atoms with E-state index in [1.807, 2.05) is 26.2 Å². The first kappa shape index (κ1) is 13.1. The summed E-state index contributed by atoms with van der Waals surface area (Å²) in [6, 6.07) is 7.10. The van der Waals surface area contributed by atoms with Gasteiger partial charge in [-0.05, 0) is 26.6 Å². The van der Waals surface area contributed by atoms with Crippen molar-refractivity contribution in [2.75, 3.05) is 27.2 Å². The Labute approximate surface area is 97.5 Å². The van der Waals surface area contributed by atoms with Crippen LogP contribution in [0.15, 0.2) is 24.3 Å². The number of hydrogen-bond acceptors (Lipinski definition) is 2. The maximum atomic E-state index is 13.6. The fraction of sp³-hybridized carbons (Fsp3) is 0.538. The first-order chi connectivity index (χ1) is 7.65. The lowest BCUT2D eigenvalue weighted by Crippen LogP contribution is -2.30. The molecule has 0 aliphatic rings. The molecular weight excluding hydrogens is 203 g/mol. The molecule has 1 atom stereocenters. The highest BCUT2D eigenvalue weighted by atomic mass is 19.1. The molecule has 0 heterocycles. The van der Waals surface area contributed by atoms with Crippen LogP contribution in [-0.2, 0) is 0 Å². The number of nitrogens with one attached hydrogen (secondary N) is 1.